The average molecular weight is 249 g/mol. The van der Waals surface area contributed by atoms with Crippen molar-refractivity contribution in [2.45, 2.75) is 33.2 Å². The van der Waals surface area contributed by atoms with E-state index >= 15 is 0 Å². The lowest BCUT2D eigenvalue weighted by Crippen LogP contribution is -2.06. The number of thiazole rings is 1. The van der Waals surface area contributed by atoms with Crippen LogP contribution in [-0.2, 0) is 24.2 Å². The quantitative estimate of drug-likeness (QED) is 0.814. The molecule has 0 saturated heterocycles. The molecule has 0 N–H and O–H groups in total. The molecule has 2 rings (SSSR count). The van der Waals surface area contributed by atoms with Crippen LogP contribution in [0.4, 0.5) is 0 Å². The third kappa shape index (κ3) is 3.23. The van der Waals surface area contributed by atoms with Crippen LogP contribution in [0.5, 0.6) is 0 Å². The smallest absolute Gasteiger partial charge is 0.143 e. The van der Waals surface area contributed by atoms with Gasteiger partial charge in [0.25, 0.3) is 0 Å². The lowest BCUT2D eigenvalue weighted by Gasteiger charge is -1.96. The van der Waals surface area contributed by atoms with Gasteiger partial charge in [-0.15, -0.1) is 11.3 Å². The zero-order chi connectivity index (χ0) is 12.3. The summed E-state index contributed by atoms with van der Waals surface area (Å²) in [6, 6.07) is 0. The molecule has 17 heavy (non-hydrogen) atoms. The zero-order valence-corrected chi connectivity index (χ0v) is 10.8. The molecular formula is C12H15N3OS. The van der Waals surface area contributed by atoms with Crippen LogP contribution in [-0.4, -0.2) is 20.5 Å². The lowest BCUT2D eigenvalue weighted by molar-refractivity contribution is -0.117. The summed E-state index contributed by atoms with van der Waals surface area (Å²) in [5.74, 6) is 0.186. The second kappa shape index (κ2) is 5.23. The second-order valence-corrected chi connectivity index (χ2v) is 5.02. The summed E-state index contributed by atoms with van der Waals surface area (Å²) in [5.41, 5.74) is 1.85. The third-order valence-electron chi connectivity index (χ3n) is 2.46. The molecule has 0 aliphatic rings. The van der Waals surface area contributed by atoms with Crippen LogP contribution >= 0.6 is 11.3 Å². The van der Waals surface area contributed by atoms with Gasteiger partial charge in [0.1, 0.15) is 5.78 Å². The van der Waals surface area contributed by atoms with E-state index in [0.29, 0.717) is 12.8 Å². The first-order chi connectivity index (χ1) is 8.17. The van der Waals surface area contributed by atoms with E-state index in [0.717, 1.165) is 22.8 Å². The maximum absolute atomic E-state index is 11.8. The van der Waals surface area contributed by atoms with Crippen LogP contribution in [0.2, 0.25) is 0 Å². The highest BCUT2D eigenvalue weighted by Crippen LogP contribution is 2.10. The predicted octanol–water partition coefficient (Wildman–Crippen LogP) is 2.02. The summed E-state index contributed by atoms with van der Waals surface area (Å²) in [6.07, 6.45) is 4.54. The number of aryl methyl sites for hydroxylation is 2. The summed E-state index contributed by atoms with van der Waals surface area (Å²) >= 11 is 1.58. The molecule has 4 nitrogen and oxygen atoms in total. The Balaban J connectivity index is 1.93. The molecule has 5 heteroatoms. The zero-order valence-electron chi connectivity index (χ0n) is 10.0. The highest BCUT2D eigenvalue weighted by molar-refractivity contribution is 7.09. The molecule has 0 saturated carbocycles. The van der Waals surface area contributed by atoms with E-state index in [2.05, 4.69) is 10.1 Å². The maximum atomic E-state index is 11.8. The van der Waals surface area contributed by atoms with Gasteiger partial charge in [-0.05, 0) is 19.4 Å². The number of aromatic nitrogens is 3. The SMILES string of the molecule is CCn1cc(CC(=O)Cc2csc(C)n2)cn1. The molecule has 0 bridgehead atoms. The highest BCUT2D eigenvalue weighted by Gasteiger charge is 2.09. The van der Waals surface area contributed by atoms with Crippen molar-refractivity contribution < 1.29 is 4.79 Å². The van der Waals surface area contributed by atoms with E-state index in [1.165, 1.54) is 0 Å². The first-order valence-corrected chi connectivity index (χ1v) is 6.49. The topological polar surface area (TPSA) is 47.8 Å². The van der Waals surface area contributed by atoms with Gasteiger partial charge in [0, 0.05) is 31.0 Å². The van der Waals surface area contributed by atoms with E-state index in [4.69, 9.17) is 0 Å². The van der Waals surface area contributed by atoms with Crippen molar-refractivity contribution in [2.24, 2.45) is 0 Å². The number of hydrogen-bond donors (Lipinski definition) is 0. The van der Waals surface area contributed by atoms with E-state index in [1.807, 2.05) is 30.1 Å². The molecule has 0 atom stereocenters. The molecule has 0 fully saturated rings. The molecule has 0 aliphatic carbocycles. The van der Waals surface area contributed by atoms with Gasteiger partial charge in [-0.25, -0.2) is 4.98 Å². The molecule has 0 radical (unpaired) electrons. The standard InChI is InChI=1S/C12H15N3OS/c1-3-15-7-10(6-13-15)4-12(16)5-11-8-17-9(2)14-11/h6-8H,3-5H2,1-2H3. The number of Topliss-reactive ketones (excluding diaryl/α,β-unsaturated/α-hetero) is 1. The number of carbonyl (C=O) groups excluding carboxylic acids is 1. The van der Waals surface area contributed by atoms with Crippen LogP contribution < -0.4 is 0 Å². The summed E-state index contributed by atoms with van der Waals surface area (Å²) in [4.78, 5) is 16.1. The Bertz CT molecular complexity index is 515. The average Bonchev–Trinajstić information content (AvgIpc) is 2.88. The molecular weight excluding hydrogens is 234 g/mol. The molecule has 2 aromatic heterocycles. The number of nitrogens with zero attached hydrogens (tertiary/aromatic N) is 3. The Kier molecular flexibility index (Phi) is 3.68. The monoisotopic (exact) mass is 249 g/mol. The first-order valence-electron chi connectivity index (χ1n) is 5.61. The van der Waals surface area contributed by atoms with Crippen molar-refractivity contribution in [3.63, 3.8) is 0 Å². The minimum absolute atomic E-state index is 0.186. The molecule has 90 valence electrons. The van der Waals surface area contributed by atoms with E-state index in [1.54, 1.807) is 17.5 Å². The lowest BCUT2D eigenvalue weighted by atomic mass is 10.1. The maximum Gasteiger partial charge on any atom is 0.143 e. The fourth-order valence-electron chi connectivity index (χ4n) is 1.65. The molecule has 0 aliphatic heterocycles. The van der Waals surface area contributed by atoms with Gasteiger partial charge < -0.3 is 0 Å². The fraction of sp³-hybridized carbons (Fsp3) is 0.417. The van der Waals surface area contributed by atoms with Gasteiger partial charge in [-0.1, -0.05) is 0 Å². The molecule has 0 amide bonds. The van der Waals surface area contributed by atoms with Gasteiger partial charge in [-0.3, -0.25) is 9.48 Å². The molecule has 2 heterocycles. The van der Waals surface area contributed by atoms with E-state index < -0.39 is 0 Å². The molecule has 0 spiro atoms. The Morgan fingerprint density at radius 1 is 1.47 bits per heavy atom. The molecule has 2 aromatic rings. The van der Waals surface area contributed by atoms with Gasteiger partial charge >= 0.3 is 0 Å². The second-order valence-electron chi connectivity index (χ2n) is 3.95. The van der Waals surface area contributed by atoms with Crippen molar-refractivity contribution in [1.82, 2.24) is 14.8 Å². The Morgan fingerprint density at radius 2 is 2.29 bits per heavy atom. The summed E-state index contributed by atoms with van der Waals surface area (Å²) in [7, 11) is 0. The number of hydrogen-bond acceptors (Lipinski definition) is 4. The number of carbonyl (C=O) groups is 1. The Morgan fingerprint density at radius 3 is 2.88 bits per heavy atom. The van der Waals surface area contributed by atoms with Crippen molar-refractivity contribution in [2.75, 3.05) is 0 Å². The summed E-state index contributed by atoms with van der Waals surface area (Å²) in [6.45, 7) is 4.81. The van der Waals surface area contributed by atoms with Crippen molar-refractivity contribution >= 4 is 17.1 Å². The van der Waals surface area contributed by atoms with Crippen LogP contribution in [0.15, 0.2) is 17.8 Å². The van der Waals surface area contributed by atoms with Gasteiger partial charge in [0.05, 0.1) is 16.9 Å². The number of ketones is 1. The van der Waals surface area contributed by atoms with Gasteiger partial charge in [0.2, 0.25) is 0 Å². The van der Waals surface area contributed by atoms with Crippen LogP contribution in [0, 0.1) is 6.92 Å². The normalized spacial score (nSPS) is 10.7. The van der Waals surface area contributed by atoms with Crippen molar-refractivity contribution in [1.29, 1.82) is 0 Å². The predicted molar refractivity (Wildman–Crippen MR) is 67.2 cm³/mol. The highest BCUT2D eigenvalue weighted by atomic mass is 32.1. The third-order valence-corrected chi connectivity index (χ3v) is 3.28. The van der Waals surface area contributed by atoms with Crippen molar-refractivity contribution in [3.8, 4) is 0 Å². The summed E-state index contributed by atoms with van der Waals surface area (Å²) in [5, 5.41) is 7.10. The Hall–Kier alpha value is -1.49. The van der Waals surface area contributed by atoms with Gasteiger partial charge in [-0.2, -0.15) is 5.10 Å². The van der Waals surface area contributed by atoms with Crippen LogP contribution in [0.1, 0.15) is 23.2 Å². The largest absolute Gasteiger partial charge is 0.299 e. The van der Waals surface area contributed by atoms with Crippen LogP contribution in [0.3, 0.4) is 0 Å². The summed E-state index contributed by atoms with van der Waals surface area (Å²) < 4.78 is 1.83. The van der Waals surface area contributed by atoms with E-state index in [-0.39, 0.29) is 5.78 Å². The Labute approximate surface area is 104 Å². The first kappa shape index (κ1) is 12.0. The van der Waals surface area contributed by atoms with Gasteiger partial charge in [0.15, 0.2) is 0 Å². The van der Waals surface area contributed by atoms with Crippen molar-refractivity contribution in [3.05, 3.63) is 34.0 Å². The molecule has 0 unspecified atom stereocenters. The van der Waals surface area contributed by atoms with E-state index in [9.17, 15) is 4.79 Å². The van der Waals surface area contributed by atoms with Crippen LogP contribution in [0.25, 0.3) is 0 Å². The minimum Gasteiger partial charge on any atom is -0.299 e. The molecule has 0 aromatic carbocycles. The number of rotatable bonds is 5. The fourth-order valence-corrected chi connectivity index (χ4v) is 2.26. The minimum atomic E-state index is 0.186.